The maximum Gasteiger partial charge on any atom is 0.314 e. The quantitative estimate of drug-likeness (QED) is 0.724. The first kappa shape index (κ1) is 12.7. The van der Waals surface area contributed by atoms with Gasteiger partial charge in [0, 0.05) is 19.4 Å². The summed E-state index contributed by atoms with van der Waals surface area (Å²) in [6.07, 6.45) is 8.52. The lowest BCUT2D eigenvalue weighted by molar-refractivity contribution is -0.139. The summed E-state index contributed by atoms with van der Waals surface area (Å²) >= 11 is 0. The van der Waals surface area contributed by atoms with E-state index in [4.69, 9.17) is 0 Å². The summed E-state index contributed by atoms with van der Waals surface area (Å²) < 4.78 is 1.79. The zero-order valence-corrected chi connectivity index (χ0v) is 10.0. The van der Waals surface area contributed by atoms with E-state index in [1.54, 1.807) is 17.0 Å². The van der Waals surface area contributed by atoms with Crippen LogP contribution in [0.3, 0.4) is 0 Å². The highest BCUT2D eigenvalue weighted by Gasteiger charge is 2.22. The van der Waals surface area contributed by atoms with Gasteiger partial charge >= 0.3 is 5.97 Å². The van der Waals surface area contributed by atoms with E-state index in [9.17, 15) is 9.90 Å². The van der Waals surface area contributed by atoms with E-state index in [-0.39, 0.29) is 0 Å². The lowest BCUT2D eigenvalue weighted by atomic mass is 10.00. The third-order valence-corrected chi connectivity index (χ3v) is 2.81. The fraction of sp³-hybridized carbons (Fsp3) is 0.667. The Hall–Kier alpha value is -1.32. The summed E-state index contributed by atoms with van der Waals surface area (Å²) in [7, 11) is 1.84. The van der Waals surface area contributed by atoms with Crippen molar-refractivity contribution in [1.82, 2.24) is 9.55 Å². The molecule has 0 saturated carbocycles. The molecule has 0 bridgehead atoms. The molecular weight excluding hydrogens is 204 g/mol. The maximum absolute atomic E-state index is 11.2. The van der Waals surface area contributed by atoms with Crippen LogP contribution in [0.2, 0.25) is 0 Å². The Bertz CT molecular complexity index is 334. The van der Waals surface area contributed by atoms with Gasteiger partial charge < -0.3 is 9.67 Å². The molecule has 1 aromatic rings. The van der Waals surface area contributed by atoms with Crippen molar-refractivity contribution in [3.63, 3.8) is 0 Å². The second-order valence-electron chi connectivity index (χ2n) is 4.14. The van der Waals surface area contributed by atoms with Crippen LogP contribution < -0.4 is 0 Å². The lowest BCUT2D eigenvalue weighted by Gasteiger charge is -2.11. The number of carbonyl (C=O) groups is 1. The molecule has 90 valence electrons. The van der Waals surface area contributed by atoms with Gasteiger partial charge in [-0.15, -0.1) is 0 Å². The van der Waals surface area contributed by atoms with Crippen LogP contribution >= 0.6 is 0 Å². The fourth-order valence-corrected chi connectivity index (χ4v) is 1.85. The van der Waals surface area contributed by atoms with E-state index < -0.39 is 11.9 Å². The predicted octanol–water partition coefficient (Wildman–Crippen LogP) is 2.56. The molecule has 4 heteroatoms. The third kappa shape index (κ3) is 3.36. The molecule has 1 rings (SSSR count). The van der Waals surface area contributed by atoms with Crippen LogP contribution in [0.4, 0.5) is 0 Å². The Morgan fingerprint density at radius 1 is 1.50 bits per heavy atom. The molecular formula is C12H20N2O2. The van der Waals surface area contributed by atoms with Crippen molar-refractivity contribution in [2.75, 3.05) is 0 Å². The maximum atomic E-state index is 11.2. The van der Waals surface area contributed by atoms with Gasteiger partial charge in [0.05, 0.1) is 0 Å². The van der Waals surface area contributed by atoms with E-state index in [1.807, 2.05) is 7.05 Å². The van der Waals surface area contributed by atoms with Gasteiger partial charge in [0.15, 0.2) is 0 Å². The fourth-order valence-electron chi connectivity index (χ4n) is 1.85. The van der Waals surface area contributed by atoms with E-state index in [0.717, 1.165) is 12.8 Å². The number of carboxylic acids is 1. The van der Waals surface area contributed by atoms with Gasteiger partial charge in [-0.25, -0.2) is 4.98 Å². The molecule has 0 aliphatic carbocycles. The number of aryl methyl sites for hydroxylation is 1. The summed E-state index contributed by atoms with van der Waals surface area (Å²) in [5.74, 6) is -0.577. The first-order valence-corrected chi connectivity index (χ1v) is 5.86. The third-order valence-electron chi connectivity index (χ3n) is 2.81. The number of hydrogen-bond donors (Lipinski definition) is 1. The monoisotopic (exact) mass is 224 g/mol. The Kier molecular flexibility index (Phi) is 5.02. The SMILES string of the molecule is CCCCCCC(C(=O)O)c1nccn1C. The number of carboxylic acid groups (broad SMARTS) is 1. The minimum absolute atomic E-state index is 0.461. The predicted molar refractivity (Wildman–Crippen MR) is 62.3 cm³/mol. The average molecular weight is 224 g/mol. The highest BCUT2D eigenvalue weighted by Crippen LogP contribution is 2.21. The number of aliphatic carboxylic acids is 1. The molecule has 1 heterocycles. The lowest BCUT2D eigenvalue weighted by Crippen LogP contribution is -2.16. The van der Waals surface area contributed by atoms with Gasteiger partial charge in [0.1, 0.15) is 11.7 Å². The molecule has 0 amide bonds. The molecule has 1 atom stereocenters. The van der Waals surface area contributed by atoms with Gasteiger partial charge in [-0.05, 0) is 6.42 Å². The van der Waals surface area contributed by atoms with E-state index in [1.165, 1.54) is 12.8 Å². The second kappa shape index (κ2) is 6.30. The molecule has 0 fully saturated rings. The standard InChI is InChI=1S/C12H20N2O2/c1-3-4-5-6-7-10(12(15)16)11-13-8-9-14(11)2/h8-10H,3-7H2,1-2H3,(H,15,16). The van der Waals surface area contributed by atoms with Crippen LogP contribution in [0.5, 0.6) is 0 Å². The number of imidazole rings is 1. The number of nitrogens with zero attached hydrogens (tertiary/aromatic N) is 2. The Labute approximate surface area is 96.3 Å². The highest BCUT2D eigenvalue weighted by atomic mass is 16.4. The molecule has 0 radical (unpaired) electrons. The van der Waals surface area contributed by atoms with E-state index in [2.05, 4.69) is 11.9 Å². The summed E-state index contributed by atoms with van der Waals surface area (Å²) in [5.41, 5.74) is 0. The van der Waals surface area contributed by atoms with Crippen LogP contribution in [0, 0.1) is 0 Å². The zero-order chi connectivity index (χ0) is 12.0. The topological polar surface area (TPSA) is 55.1 Å². The van der Waals surface area contributed by atoms with Crippen LogP contribution in [0.15, 0.2) is 12.4 Å². The van der Waals surface area contributed by atoms with Crippen LogP contribution in [0.1, 0.15) is 50.8 Å². The van der Waals surface area contributed by atoms with Crippen molar-refractivity contribution in [1.29, 1.82) is 0 Å². The first-order valence-electron chi connectivity index (χ1n) is 5.86. The van der Waals surface area contributed by atoms with E-state index >= 15 is 0 Å². The minimum Gasteiger partial charge on any atom is -0.481 e. The largest absolute Gasteiger partial charge is 0.481 e. The minimum atomic E-state index is -0.772. The number of unbranched alkanes of at least 4 members (excludes halogenated alkanes) is 3. The molecule has 1 aromatic heterocycles. The van der Waals surface area contributed by atoms with Crippen LogP contribution in [-0.2, 0) is 11.8 Å². The first-order chi connectivity index (χ1) is 7.66. The molecule has 0 spiro atoms. The van der Waals surface area contributed by atoms with E-state index in [0.29, 0.717) is 12.2 Å². The molecule has 4 nitrogen and oxygen atoms in total. The van der Waals surface area contributed by atoms with Crippen molar-refractivity contribution in [3.8, 4) is 0 Å². The number of rotatable bonds is 7. The van der Waals surface area contributed by atoms with Crippen LogP contribution in [-0.4, -0.2) is 20.6 Å². The molecule has 0 saturated heterocycles. The van der Waals surface area contributed by atoms with Gasteiger partial charge in [-0.3, -0.25) is 4.79 Å². The molecule has 1 N–H and O–H groups in total. The van der Waals surface area contributed by atoms with Gasteiger partial charge in [-0.2, -0.15) is 0 Å². The summed E-state index contributed by atoms with van der Waals surface area (Å²) in [6.45, 7) is 2.15. The smallest absolute Gasteiger partial charge is 0.314 e. The van der Waals surface area contributed by atoms with Crippen molar-refractivity contribution in [3.05, 3.63) is 18.2 Å². The summed E-state index contributed by atoms with van der Waals surface area (Å²) in [4.78, 5) is 15.3. The molecule has 1 unspecified atom stereocenters. The molecule has 0 aliphatic rings. The van der Waals surface area contributed by atoms with Crippen molar-refractivity contribution in [2.45, 2.75) is 44.9 Å². The molecule has 0 aromatic carbocycles. The van der Waals surface area contributed by atoms with Gasteiger partial charge in [0.25, 0.3) is 0 Å². The highest BCUT2D eigenvalue weighted by molar-refractivity contribution is 5.74. The second-order valence-corrected chi connectivity index (χ2v) is 4.14. The Morgan fingerprint density at radius 2 is 2.25 bits per heavy atom. The summed E-state index contributed by atoms with van der Waals surface area (Å²) in [5, 5.41) is 9.17. The zero-order valence-electron chi connectivity index (χ0n) is 10.0. The number of aromatic nitrogens is 2. The average Bonchev–Trinajstić information content (AvgIpc) is 2.64. The van der Waals surface area contributed by atoms with Crippen molar-refractivity contribution in [2.24, 2.45) is 7.05 Å². The molecule has 0 aliphatic heterocycles. The Balaban J connectivity index is 2.56. The number of hydrogen-bond acceptors (Lipinski definition) is 2. The summed E-state index contributed by atoms with van der Waals surface area (Å²) in [6, 6.07) is 0. The normalized spacial score (nSPS) is 12.6. The Morgan fingerprint density at radius 3 is 2.75 bits per heavy atom. The van der Waals surface area contributed by atoms with Crippen molar-refractivity contribution >= 4 is 5.97 Å². The van der Waals surface area contributed by atoms with Crippen molar-refractivity contribution < 1.29 is 9.90 Å². The molecule has 16 heavy (non-hydrogen) atoms. The van der Waals surface area contributed by atoms with Crippen LogP contribution in [0.25, 0.3) is 0 Å². The van der Waals surface area contributed by atoms with Gasteiger partial charge in [-0.1, -0.05) is 32.6 Å². The van der Waals surface area contributed by atoms with Gasteiger partial charge in [0.2, 0.25) is 0 Å².